The average molecular weight is 588 g/mol. The quantitative estimate of drug-likeness (QED) is 0.294. The third-order valence-corrected chi connectivity index (χ3v) is 7.52. The molecule has 1 saturated heterocycles. The molecule has 0 bridgehead atoms. The van der Waals surface area contributed by atoms with Crippen molar-refractivity contribution in [2.75, 3.05) is 32.6 Å². The number of fused-ring (bicyclic) bond motifs is 1. The standard InChI is InChI=1S/C31H36F3N3O5/c1-18(19-8-7-9-20(26(19)32)27(33)34)36-24-10-13-35-25-17-21(28(38)40-5)23(16-22(24)25)31(41-6)11-14-37(15-12-31)29(39)42-30(2,3)4/h7-10,13,16-18,27H,11-12,14-15H2,1-6H3,(H,35,36)/t18-/m1/s1. The van der Waals surface area contributed by atoms with E-state index < -0.39 is 47.1 Å². The number of piperidine rings is 1. The second kappa shape index (κ2) is 12.2. The summed E-state index contributed by atoms with van der Waals surface area (Å²) in [5.41, 5.74) is -0.293. The van der Waals surface area contributed by atoms with Gasteiger partial charge in [0.2, 0.25) is 0 Å². The molecule has 1 atom stereocenters. The number of hydrogen-bond acceptors (Lipinski definition) is 7. The highest BCUT2D eigenvalue weighted by molar-refractivity contribution is 6.00. The van der Waals surface area contributed by atoms with Gasteiger partial charge in [-0.05, 0) is 64.3 Å². The van der Waals surface area contributed by atoms with Crippen molar-refractivity contribution in [1.29, 1.82) is 0 Å². The van der Waals surface area contributed by atoms with Crippen molar-refractivity contribution >= 4 is 28.7 Å². The maximum Gasteiger partial charge on any atom is 0.410 e. The van der Waals surface area contributed by atoms with Gasteiger partial charge in [-0.25, -0.2) is 22.8 Å². The minimum absolute atomic E-state index is 0.0899. The Labute approximate surface area is 243 Å². The summed E-state index contributed by atoms with van der Waals surface area (Å²) >= 11 is 0. The van der Waals surface area contributed by atoms with Crippen LogP contribution in [0.3, 0.4) is 0 Å². The highest BCUT2D eigenvalue weighted by Crippen LogP contribution is 2.41. The summed E-state index contributed by atoms with van der Waals surface area (Å²) in [6.07, 6.45) is -1.07. The summed E-state index contributed by atoms with van der Waals surface area (Å²) in [4.78, 5) is 31.7. The maximum absolute atomic E-state index is 14.9. The first-order valence-electron chi connectivity index (χ1n) is 13.7. The second-order valence-electron chi connectivity index (χ2n) is 11.3. The molecule has 2 heterocycles. The minimum Gasteiger partial charge on any atom is -0.465 e. The number of halogens is 3. The number of nitrogens with zero attached hydrogens (tertiary/aromatic N) is 2. The fourth-order valence-corrected chi connectivity index (χ4v) is 5.32. The number of aromatic nitrogens is 1. The lowest BCUT2D eigenvalue weighted by Gasteiger charge is -2.42. The van der Waals surface area contributed by atoms with Gasteiger partial charge in [-0.15, -0.1) is 0 Å². The smallest absolute Gasteiger partial charge is 0.410 e. The number of benzene rings is 2. The van der Waals surface area contributed by atoms with Crippen molar-refractivity contribution in [2.45, 2.75) is 64.2 Å². The zero-order valence-electron chi connectivity index (χ0n) is 24.6. The van der Waals surface area contributed by atoms with Gasteiger partial charge in [-0.3, -0.25) is 4.98 Å². The molecule has 3 aromatic rings. The first kappa shape index (κ1) is 31.1. The molecule has 1 fully saturated rings. The lowest BCUT2D eigenvalue weighted by atomic mass is 9.80. The summed E-state index contributed by atoms with van der Waals surface area (Å²) in [6.45, 7) is 7.74. The monoisotopic (exact) mass is 587 g/mol. The summed E-state index contributed by atoms with van der Waals surface area (Å²) < 4.78 is 58.3. The molecule has 42 heavy (non-hydrogen) atoms. The highest BCUT2D eigenvalue weighted by Gasteiger charge is 2.41. The number of likely N-dealkylation sites (tertiary alicyclic amines) is 1. The van der Waals surface area contributed by atoms with Crippen LogP contribution in [0.4, 0.5) is 23.7 Å². The lowest BCUT2D eigenvalue weighted by molar-refractivity contribution is -0.0655. The van der Waals surface area contributed by atoms with Crippen LogP contribution in [0.15, 0.2) is 42.6 Å². The molecule has 0 spiro atoms. The number of hydrogen-bond donors (Lipinski definition) is 1. The second-order valence-corrected chi connectivity index (χ2v) is 11.3. The lowest BCUT2D eigenvalue weighted by Crippen LogP contribution is -2.48. The fourth-order valence-electron chi connectivity index (χ4n) is 5.32. The van der Waals surface area contributed by atoms with Crippen molar-refractivity contribution < 1.29 is 37.0 Å². The number of anilines is 1. The van der Waals surface area contributed by atoms with Gasteiger partial charge < -0.3 is 24.4 Å². The van der Waals surface area contributed by atoms with Gasteiger partial charge in [0, 0.05) is 43.0 Å². The first-order chi connectivity index (χ1) is 19.8. The molecule has 1 amide bonds. The average Bonchev–Trinajstić information content (AvgIpc) is 2.95. The van der Waals surface area contributed by atoms with Crippen molar-refractivity contribution in [1.82, 2.24) is 9.88 Å². The Morgan fingerprint density at radius 3 is 2.33 bits per heavy atom. The Morgan fingerprint density at radius 2 is 1.74 bits per heavy atom. The predicted octanol–water partition coefficient (Wildman–Crippen LogP) is 7.14. The van der Waals surface area contributed by atoms with Crippen molar-refractivity contribution in [3.63, 3.8) is 0 Å². The molecular weight excluding hydrogens is 551 g/mol. The Bertz CT molecular complexity index is 1470. The van der Waals surface area contributed by atoms with Crippen LogP contribution in [0.2, 0.25) is 0 Å². The van der Waals surface area contributed by atoms with Gasteiger partial charge in [0.25, 0.3) is 6.43 Å². The number of methoxy groups -OCH3 is 2. The largest absolute Gasteiger partial charge is 0.465 e. The van der Waals surface area contributed by atoms with Crippen molar-refractivity contribution in [3.8, 4) is 0 Å². The van der Waals surface area contributed by atoms with E-state index in [1.54, 1.807) is 57.9 Å². The Morgan fingerprint density at radius 1 is 1.07 bits per heavy atom. The Hall–Kier alpha value is -3.86. The van der Waals surface area contributed by atoms with E-state index in [-0.39, 0.29) is 11.1 Å². The molecule has 2 aromatic carbocycles. The highest BCUT2D eigenvalue weighted by atomic mass is 19.3. The molecule has 226 valence electrons. The Balaban J connectivity index is 1.74. The molecule has 1 aliphatic heterocycles. The molecule has 1 aliphatic rings. The van der Waals surface area contributed by atoms with E-state index in [0.29, 0.717) is 48.1 Å². The normalized spacial score (nSPS) is 15.9. The summed E-state index contributed by atoms with van der Waals surface area (Å²) in [6, 6.07) is 8.35. The summed E-state index contributed by atoms with van der Waals surface area (Å²) in [5.74, 6) is -1.54. The molecule has 0 aliphatic carbocycles. The van der Waals surface area contributed by atoms with Gasteiger partial charge in [-0.1, -0.05) is 18.2 Å². The van der Waals surface area contributed by atoms with Crippen molar-refractivity contribution in [3.05, 3.63) is 70.7 Å². The molecule has 1 N–H and O–H groups in total. The van der Waals surface area contributed by atoms with Gasteiger partial charge in [0.1, 0.15) is 11.4 Å². The molecule has 1 aromatic heterocycles. The van der Waals surface area contributed by atoms with E-state index >= 15 is 0 Å². The zero-order valence-corrected chi connectivity index (χ0v) is 24.6. The van der Waals surface area contributed by atoms with Crippen LogP contribution in [0.1, 0.15) is 80.1 Å². The van der Waals surface area contributed by atoms with Crippen LogP contribution in [-0.2, 0) is 19.8 Å². The van der Waals surface area contributed by atoms with Crippen LogP contribution in [0.5, 0.6) is 0 Å². The molecular formula is C31H36F3N3O5. The number of rotatable bonds is 7. The first-order valence-corrected chi connectivity index (χ1v) is 13.7. The molecule has 0 saturated carbocycles. The number of carbonyl (C=O) groups excluding carboxylic acids is 2. The molecule has 11 heteroatoms. The molecule has 4 rings (SSSR count). The topological polar surface area (TPSA) is 90.0 Å². The van der Waals surface area contributed by atoms with Gasteiger partial charge >= 0.3 is 12.1 Å². The zero-order chi connectivity index (χ0) is 30.8. The molecule has 8 nitrogen and oxygen atoms in total. The number of carbonyl (C=O) groups is 2. The number of amides is 1. The fraction of sp³-hybridized carbons (Fsp3) is 0.452. The van der Waals surface area contributed by atoms with E-state index in [9.17, 15) is 22.8 Å². The van der Waals surface area contributed by atoms with E-state index in [2.05, 4.69) is 10.3 Å². The van der Waals surface area contributed by atoms with Gasteiger partial charge in [0.05, 0.1) is 35.4 Å². The van der Waals surface area contributed by atoms with E-state index in [1.807, 2.05) is 0 Å². The molecule has 0 unspecified atom stereocenters. The minimum atomic E-state index is -2.94. The third kappa shape index (κ3) is 6.30. The van der Waals surface area contributed by atoms with E-state index in [4.69, 9.17) is 14.2 Å². The van der Waals surface area contributed by atoms with Crippen LogP contribution in [-0.4, -0.2) is 54.9 Å². The number of ether oxygens (including phenoxy) is 3. The third-order valence-electron chi connectivity index (χ3n) is 7.52. The van der Waals surface area contributed by atoms with Crippen LogP contribution in [0, 0.1) is 5.82 Å². The number of nitrogens with one attached hydrogen (secondary N) is 1. The number of alkyl halides is 2. The number of pyridine rings is 1. The molecule has 0 radical (unpaired) electrons. The summed E-state index contributed by atoms with van der Waals surface area (Å²) in [7, 11) is 2.84. The maximum atomic E-state index is 14.9. The predicted molar refractivity (Wildman–Crippen MR) is 152 cm³/mol. The van der Waals surface area contributed by atoms with Crippen LogP contribution >= 0.6 is 0 Å². The van der Waals surface area contributed by atoms with Gasteiger partial charge in [0.15, 0.2) is 0 Å². The van der Waals surface area contributed by atoms with E-state index in [1.165, 1.54) is 25.4 Å². The van der Waals surface area contributed by atoms with Crippen molar-refractivity contribution in [2.24, 2.45) is 0 Å². The Kier molecular flexibility index (Phi) is 9.01. The summed E-state index contributed by atoms with van der Waals surface area (Å²) in [5, 5.41) is 3.84. The SMILES string of the molecule is COC(=O)c1cc2nccc(N[C@H](C)c3cccc(C(F)F)c3F)c2cc1C1(OC)CCN(C(=O)OC(C)(C)C)CC1. The van der Waals surface area contributed by atoms with Crippen LogP contribution in [0.25, 0.3) is 10.9 Å². The number of esters is 1. The van der Waals surface area contributed by atoms with E-state index in [0.717, 1.165) is 6.07 Å². The van der Waals surface area contributed by atoms with Gasteiger partial charge in [-0.2, -0.15) is 0 Å². The van der Waals surface area contributed by atoms with Crippen LogP contribution < -0.4 is 5.32 Å².